The Morgan fingerprint density at radius 3 is 0.676 bits per heavy atom. The Hall–Kier alpha value is -19.7. The molecule has 0 aliphatic rings. The standard InChI is InChI=1S/2C45H27N3O.C43H27N3O/c1-2-10-30(11-3-1)43-46-44(48-45(47-43)35-23-24-37-34(25-35)22-19-28-9-6-7-14-36(28)37)31-20-17-29(18-21-31)38-15-8-16-40-42(38)39-26-32-12-4-5-13-33(32)27-41(39)49-40;1-2-10-31(11-3-1)43-46-44(48-45(47-43)35-24-21-30-18-17-28-9-6-7-14-36(28)38(30)26-35)32-22-19-29(20-23-32)37-15-8-16-40-42(37)39-25-33-12-4-5-13-34(33)27-41(39)49-40;1-3-10-28(11-4-1)29-18-22-32(23-19-29)42-44-41(31-12-5-2-6-13-31)45-43(46-42)33-24-20-30(21-25-33)36-16-9-17-38-40(36)37-26-34-14-7-8-15-35(34)27-39(37)47-38/h2*1-27H;1-27H. The van der Waals surface area contributed by atoms with Crippen LogP contribution < -0.4 is 0 Å². The van der Waals surface area contributed by atoms with Crippen LogP contribution in [-0.4, -0.2) is 44.9 Å². The van der Waals surface area contributed by atoms with Gasteiger partial charge in [0.2, 0.25) is 0 Å². The predicted octanol–water partition coefficient (Wildman–Crippen LogP) is 35.1. The molecule has 0 aliphatic heterocycles. The molecule has 12 nitrogen and oxygen atoms in total. The minimum absolute atomic E-state index is 0.631. The molecule has 0 bridgehead atoms. The van der Waals surface area contributed by atoms with Gasteiger partial charge in [0.15, 0.2) is 52.4 Å². The Balaban J connectivity index is 0.000000108. The fourth-order valence-corrected chi connectivity index (χ4v) is 20.4. The summed E-state index contributed by atoms with van der Waals surface area (Å²) in [6.45, 7) is 0. The van der Waals surface area contributed by atoms with E-state index in [2.05, 4.69) is 376 Å². The van der Waals surface area contributed by atoms with Crippen LogP contribution in [0.25, 0.3) is 288 Å². The van der Waals surface area contributed by atoms with Gasteiger partial charge in [-0.15, -0.1) is 0 Å². The molecule has 29 aromatic rings. The molecule has 6 heterocycles. The van der Waals surface area contributed by atoms with Gasteiger partial charge in [-0.3, -0.25) is 0 Å². The highest BCUT2D eigenvalue weighted by Gasteiger charge is 2.24. The third-order valence-electron chi connectivity index (χ3n) is 27.7. The first kappa shape index (κ1) is 84.6. The van der Waals surface area contributed by atoms with Gasteiger partial charge in [0.25, 0.3) is 0 Å². The molecule has 0 amide bonds. The van der Waals surface area contributed by atoms with Crippen molar-refractivity contribution in [3.63, 3.8) is 0 Å². The van der Waals surface area contributed by atoms with Crippen molar-refractivity contribution < 1.29 is 13.3 Å². The lowest BCUT2D eigenvalue weighted by Gasteiger charge is -2.11. The fourth-order valence-electron chi connectivity index (χ4n) is 20.4. The molecular weight excluding hydrogens is 1770 g/mol. The van der Waals surface area contributed by atoms with Crippen molar-refractivity contribution in [1.29, 1.82) is 0 Å². The van der Waals surface area contributed by atoms with Crippen LogP contribution in [-0.2, 0) is 0 Å². The maximum atomic E-state index is 6.35. The van der Waals surface area contributed by atoms with E-state index < -0.39 is 0 Å². The lowest BCUT2D eigenvalue weighted by atomic mass is 9.97. The maximum absolute atomic E-state index is 6.35. The molecule has 23 aromatic carbocycles. The van der Waals surface area contributed by atoms with Crippen LogP contribution in [0.5, 0.6) is 0 Å². The number of rotatable bonds is 13. The van der Waals surface area contributed by atoms with E-state index in [1.54, 1.807) is 0 Å². The molecule has 0 saturated carbocycles. The second-order valence-electron chi connectivity index (χ2n) is 36.6. The monoisotopic (exact) mass is 1850 g/mol. The SMILES string of the molecule is c1ccc(-c2ccc(-c3nc(-c4ccccc4)nc(-c4ccc(-c5cccc6oc7cc8ccccc8cc7c56)cc4)n3)cc2)cc1.c1ccc(-c2nc(-c3ccc(-c4cccc5oc6cc7ccccc7cc6c45)cc3)nc(-c3ccc4c(ccc5ccccc54)c3)n2)cc1.c1ccc(-c2nc(-c3ccc(-c4cccc5oc6cc7ccccc7cc6c45)cc3)nc(-c3ccc4ccc5ccccc5c4c3)n2)cc1. The summed E-state index contributed by atoms with van der Waals surface area (Å²) >= 11 is 0. The number of benzene rings is 23. The van der Waals surface area contributed by atoms with E-state index in [0.717, 1.165) is 160 Å². The van der Waals surface area contributed by atoms with Crippen molar-refractivity contribution in [3.05, 3.63) is 491 Å². The number of furan rings is 3. The van der Waals surface area contributed by atoms with E-state index in [9.17, 15) is 0 Å². The molecule has 0 aliphatic carbocycles. The first-order valence-electron chi connectivity index (χ1n) is 48.6. The normalized spacial score (nSPS) is 11.6. The fraction of sp³-hybridized carbons (Fsp3) is 0. The maximum Gasteiger partial charge on any atom is 0.164 e. The van der Waals surface area contributed by atoms with E-state index in [4.69, 9.17) is 58.1 Å². The van der Waals surface area contributed by atoms with Gasteiger partial charge in [-0.25, -0.2) is 44.9 Å². The molecule has 0 saturated heterocycles. The highest BCUT2D eigenvalue weighted by Crippen LogP contribution is 2.46. The van der Waals surface area contributed by atoms with Crippen LogP contribution in [0.4, 0.5) is 0 Å². The Labute approximate surface area is 832 Å². The zero-order valence-electron chi connectivity index (χ0n) is 78.0. The molecule has 145 heavy (non-hydrogen) atoms. The minimum atomic E-state index is 0.631. The number of fused-ring (bicyclic) bond motifs is 18. The zero-order chi connectivity index (χ0) is 95.8. The summed E-state index contributed by atoms with van der Waals surface area (Å²) in [6, 6.07) is 170. The lowest BCUT2D eigenvalue weighted by Crippen LogP contribution is -2.00. The van der Waals surface area contributed by atoms with E-state index in [1.807, 2.05) is 115 Å². The number of nitrogens with zero attached hydrogens (tertiary/aromatic N) is 9. The van der Waals surface area contributed by atoms with Gasteiger partial charge in [0.1, 0.15) is 33.5 Å². The summed E-state index contributed by atoms with van der Waals surface area (Å²) in [4.78, 5) is 44.9. The summed E-state index contributed by atoms with van der Waals surface area (Å²) in [5.74, 6) is 5.75. The van der Waals surface area contributed by atoms with Gasteiger partial charge < -0.3 is 13.3 Å². The highest BCUT2D eigenvalue weighted by molar-refractivity contribution is 6.19. The predicted molar refractivity (Wildman–Crippen MR) is 595 cm³/mol. The summed E-state index contributed by atoms with van der Waals surface area (Å²) in [7, 11) is 0. The molecule has 0 fully saturated rings. The van der Waals surface area contributed by atoms with Gasteiger partial charge in [-0.1, -0.05) is 425 Å². The molecule has 0 N–H and O–H groups in total. The lowest BCUT2D eigenvalue weighted by molar-refractivity contribution is 0.669. The molecule has 0 unspecified atom stereocenters. The smallest absolute Gasteiger partial charge is 0.164 e. The summed E-state index contributed by atoms with van der Waals surface area (Å²) in [5.41, 5.74) is 22.8. The first-order valence-corrected chi connectivity index (χ1v) is 48.6. The van der Waals surface area contributed by atoms with Crippen LogP contribution in [0, 0.1) is 0 Å². The molecule has 29 rings (SSSR count). The first-order chi connectivity index (χ1) is 71.8. The molecule has 0 radical (unpaired) electrons. The Bertz CT molecular complexity index is 10100. The van der Waals surface area contributed by atoms with Gasteiger partial charge in [-0.05, 0) is 187 Å². The topological polar surface area (TPSA) is 155 Å². The van der Waals surface area contributed by atoms with Crippen molar-refractivity contribution in [2.75, 3.05) is 0 Å². The van der Waals surface area contributed by atoms with Gasteiger partial charge in [-0.2, -0.15) is 0 Å². The van der Waals surface area contributed by atoms with E-state index >= 15 is 0 Å². The van der Waals surface area contributed by atoms with E-state index in [-0.39, 0.29) is 0 Å². The minimum Gasteiger partial charge on any atom is -0.456 e. The van der Waals surface area contributed by atoms with Crippen molar-refractivity contribution in [3.8, 4) is 147 Å². The van der Waals surface area contributed by atoms with Gasteiger partial charge in [0, 0.05) is 82.4 Å². The molecular formula is C133H81N9O3. The number of aromatic nitrogens is 9. The summed E-state index contributed by atoms with van der Waals surface area (Å²) in [6.07, 6.45) is 0. The van der Waals surface area contributed by atoms with Gasteiger partial charge in [0.05, 0.1) is 0 Å². The van der Waals surface area contributed by atoms with Crippen LogP contribution in [0.2, 0.25) is 0 Å². The van der Waals surface area contributed by atoms with Crippen LogP contribution in [0.1, 0.15) is 0 Å². The Morgan fingerprint density at radius 1 is 0.110 bits per heavy atom. The van der Waals surface area contributed by atoms with Crippen molar-refractivity contribution in [1.82, 2.24) is 44.9 Å². The van der Waals surface area contributed by atoms with Crippen LogP contribution >= 0.6 is 0 Å². The molecule has 676 valence electrons. The third-order valence-corrected chi connectivity index (χ3v) is 27.7. The molecule has 0 spiro atoms. The third kappa shape index (κ3) is 16.0. The average Bonchev–Trinajstić information content (AvgIpc) is 1.59. The van der Waals surface area contributed by atoms with Crippen LogP contribution in [0.3, 0.4) is 0 Å². The summed E-state index contributed by atoms with van der Waals surface area (Å²) in [5, 5.41) is 23.4. The Morgan fingerprint density at radius 2 is 0.331 bits per heavy atom. The average molecular weight is 1850 g/mol. The number of hydrogen-bond acceptors (Lipinski definition) is 12. The quantitative estimate of drug-likeness (QED) is 0.101. The van der Waals surface area contributed by atoms with Crippen LogP contribution in [0.15, 0.2) is 505 Å². The van der Waals surface area contributed by atoms with Crippen molar-refractivity contribution >= 4 is 141 Å². The largest absolute Gasteiger partial charge is 0.456 e. The molecule has 12 heteroatoms. The van der Waals surface area contributed by atoms with Crippen molar-refractivity contribution in [2.45, 2.75) is 0 Å². The summed E-state index contributed by atoms with van der Waals surface area (Å²) < 4.78 is 19.0. The molecule has 0 atom stereocenters. The van der Waals surface area contributed by atoms with E-state index in [0.29, 0.717) is 52.4 Å². The highest BCUT2D eigenvalue weighted by atomic mass is 16.3. The zero-order valence-corrected chi connectivity index (χ0v) is 78.0. The Kier molecular flexibility index (Phi) is 21.0. The second-order valence-corrected chi connectivity index (χ2v) is 36.6. The molecule has 6 aromatic heterocycles. The van der Waals surface area contributed by atoms with Gasteiger partial charge >= 0.3 is 0 Å². The number of hydrogen-bond donors (Lipinski definition) is 0. The second kappa shape index (κ2) is 35.9. The van der Waals surface area contributed by atoms with Crippen molar-refractivity contribution in [2.24, 2.45) is 0 Å². The van der Waals surface area contributed by atoms with E-state index in [1.165, 1.54) is 75.6 Å².